The molecule has 1 unspecified atom stereocenters. The van der Waals surface area contributed by atoms with Gasteiger partial charge in [-0.15, -0.1) is 0 Å². The second kappa shape index (κ2) is 6.42. The van der Waals surface area contributed by atoms with Gasteiger partial charge >= 0.3 is 0 Å². The van der Waals surface area contributed by atoms with Crippen molar-refractivity contribution in [2.45, 2.75) is 25.9 Å². The molecule has 0 spiro atoms. The molecule has 2 atom stereocenters. The summed E-state index contributed by atoms with van der Waals surface area (Å²) < 4.78 is 0. The molecular weight excluding hydrogens is 277 g/mol. The maximum absolute atomic E-state index is 6.02. The molecule has 2 rings (SSSR count). The molecule has 0 fully saturated rings. The standard InChI is InChI=1S/C16H17Cl2N/c1-11(13-6-8-15(17)9-7-13)19-12(2)14-4-3-5-16(18)10-14/h3-12,19H,1-2H3/t11-,12?/m1/s1. The van der Waals surface area contributed by atoms with Crippen LogP contribution < -0.4 is 5.32 Å². The third-order valence-corrected chi connectivity index (χ3v) is 3.71. The maximum atomic E-state index is 6.02. The average molecular weight is 294 g/mol. The van der Waals surface area contributed by atoms with E-state index in [1.807, 2.05) is 42.5 Å². The van der Waals surface area contributed by atoms with E-state index in [0.29, 0.717) is 0 Å². The van der Waals surface area contributed by atoms with E-state index >= 15 is 0 Å². The van der Waals surface area contributed by atoms with Crippen LogP contribution in [0.15, 0.2) is 48.5 Å². The summed E-state index contributed by atoms with van der Waals surface area (Å²) in [6, 6.07) is 16.4. The van der Waals surface area contributed by atoms with Gasteiger partial charge in [0.15, 0.2) is 0 Å². The van der Waals surface area contributed by atoms with E-state index in [2.05, 4.69) is 25.2 Å². The molecule has 0 radical (unpaired) electrons. The van der Waals surface area contributed by atoms with E-state index in [-0.39, 0.29) is 12.1 Å². The average Bonchev–Trinajstić information content (AvgIpc) is 2.39. The molecule has 0 amide bonds. The molecule has 0 aliphatic heterocycles. The van der Waals surface area contributed by atoms with Crippen LogP contribution in [0.2, 0.25) is 10.0 Å². The lowest BCUT2D eigenvalue weighted by Crippen LogP contribution is -2.22. The van der Waals surface area contributed by atoms with Crippen LogP contribution in [0, 0.1) is 0 Å². The summed E-state index contributed by atoms with van der Waals surface area (Å²) in [5.41, 5.74) is 2.41. The fourth-order valence-electron chi connectivity index (χ4n) is 2.09. The fourth-order valence-corrected chi connectivity index (χ4v) is 2.42. The monoisotopic (exact) mass is 293 g/mol. The Labute approximate surface area is 124 Å². The van der Waals surface area contributed by atoms with Crippen molar-refractivity contribution in [3.05, 3.63) is 69.7 Å². The van der Waals surface area contributed by atoms with Crippen molar-refractivity contribution in [3.63, 3.8) is 0 Å². The van der Waals surface area contributed by atoms with Crippen LogP contribution in [-0.2, 0) is 0 Å². The Balaban J connectivity index is 2.06. The number of halogens is 2. The summed E-state index contributed by atoms with van der Waals surface area (Å²) in [5, 5.41) is 5.09. The van der Waals surface area contributed by atoms with Crippen molar-refractivity contribution in [1.29, 1.82) is 0 Å². The summed E-state index contributed by atoms with van der Waals surface area (Å²) in [5.74, 6) is 0. The van der Waals surface area contributed by atoms with Crippen molar-refractivity contribution < 1.29 is 0 Å². The van der Waals surface area contributed by atoms with Crippen LogP contribution in [0.4, 0.5) is 0 Å². The smallest absolute Gasteiger partial charge is 0.0409 e. The Morgan fingerprint density at radius 3 is 2.05 bits per heavy atom. The summed E-state index contributed by atoms with van der Waals surface area (Å²) in [6.45, 7) is 4.28. The number of hydrogen-bond donors (Lipinski definition) is 1. The SMILES string of the molecule is CC(N[C@H](C)c1ccc(Cl)cc1)c1cccc(Cl)c1. The maximum Gasteiger partial charge on any atom is 0.0409 e. The Bertz CT molecular complexity index is 537. The quantitative estimate of drug-likeness (QED) is 0.795. The number of rotatable bonds is 4. The van der Waals surface area contributed by atoms with Crippen LogP contribution >= 0.6 is 23.2 Å². The molecular formula is C16H17Cl2N. The first-order valence-electron chi connectivity index (χ1n) is 6.33. The van der Waals surface area contributed by atoms with E-state index in [0.717, 1.165) is 10.0 Å². The molecule has 1 N–H and O–H groups in total. The van der Waals surface area contributed by atoms with Gasteiger partial charge in [0, 0.05) is 22.1 Å². The summed E-state index contributed by atoms with van der Waals surface area (Å²) in [6.07, 6.45) is 0. The van der Waals surface area contributed by atoms with E-state index < -0.39 is 0 Å². The Kier molecular flexibility index (Phi) is 4.87. The molecule has 0 bridgehead atoms. The molecule has 0 heterocycles. The third kappa shape index (κ3) is 3.97. The molecule has 2 aromatic rings. The lowest BCUT2D eigenvalue weighted by molar-refractivity contribution is 0.495. The summed E-state index contributed by atoms with van der Waals surface area (Å²) in [7, 11) is 0. The van der Waals surface area contributed by atoms with Crippen LogP contribution in [0.1, 0.15) is 37.1 Å². The summed E-state index contributed by atoms with van der Waals surface area (Å²) >= 11 is 11.9. The zero-order valence-electron chi connectivity index (χ0n) is 11.0. The second-order valence-corrected chi connectivity index (χ2v) is 5.59. The largest absolute Gasteiger partial charge is 0.304 e. The number of nitrogens with one attached hydrogen (secondary N) is 1. The Hall–Kier alpha value is -1.02. The molecule has 19 heavy (non-hydrogen) atoms. The van der Waals surface area contributed by atoms with Gasteiger partial charge in [-0.3, -0.25) is 0 Å². The van der Waals surface area contributed by atoms with E-state index in [1.165, 1.54) is 11.1 Å². The molecule has 0 saturated carbocycles. The fraction of sp³-hybridized carbons (Fsp3) is 0.250. The van der Waals surface area contributed by atoms with Crippen LogP contribution in [0.3, 0.4) is 0 Å². The highest BCUT2D eigenvalue weighted by atomic mass is 35.5. The minimum atomic E-state index is 0.240. The molecule has 1 nitrogen and oxygen atoms in total. The first kappa shape index (κ1) is 14.4. The predicted octanol–water partition coefficient (Wildman–Crippen LogP) is 5.41. The number of hydrogen-bond acceptors (Lipinski definition) is 1. The van der Waals surface area contributed by atoms with Crippen molar-refractivity contribution >= 4 is 23.2 Å². The van der Waals surface area contributed by atoms with Gasteiger partial charge in [-0.2, -0.15) is 0 Å². The first-order valence-corrected chi connectivity index (χ1v) is 7.09. The molecule has 0 saturated heterocycles. The van der Waals surface area contributed by atoms with Gasteiger partial charge in [0.2, 0.25) is 0 Å². The molecule has 0 aliphatic carbocycles. The van der Waals surface area contributed by atoms with Crippen LogP contribution in [0.25, 0.3) is 0 Å². The van der Waals surface area contributed by atoms with Gasteiger partial charge in [0.05, 0.1) is 0 Å². The third-order valence-electron chi connectivity index (χ3n) is 3.22. The molecule has 2 aromatic carbocycles. The highest BCUT2D eigenvalue weighted by Gasteiger charge is 2.11. The predicted molar refractivity (Wildman–Crippen MR) is 82.9 cm³/mol. The van der Waals surface area contributed by atoms with E-state index in [4.69, 9.17) is 23.2 Å². The Morgan fingerprint density at radius 2 is 1.42 bits per heavy atom. The minimum Gasteiger partial charge on any atom is -0.304 e. The van der Waals surface area contributed by atoms with Gasteiger partial charge < -0.3 is 5.32 Å². The van der Waals surface area contributed by atoms with Gasteiger partial charge in [0.1, 0.15) is 0 Å². The van der Waals surface area contributed by atoms with Gasteiger partial charge in [0.25, 0.3) is 0 Å². The van der Waals surface area contributed by atoms with Gasteiger partial charge in [-0.05, 0) is 49.2 Å². The van der Waals surface area contributed by atoms with Crippen molar-refractivity contribution in [2.75, 3.05) is 0 Å². The molecule has 0 aliphatic rings. The molecule has 100 valence electrons. The lowest BCUT2D eigenvalue weighted by atomic mass is 10.0. The minimum absolute atomic E-state index is 0.240. The molecule has 3 heteroatoms. The zero-order valence-corrected chi connectivity index (χ0v) is 12.5. The van der Waals surface area contributed by atoms with Crippen molar-refractivity contribution in [3.8, 4) is 0 Å². The zero-order chi connectivity index (χ0) is 13.8. The van der Waals surface area contributed by atoms with Crippen molar-refractivity contribution in [1.82, 2.24) is 5.32 Å². The lowest BCUT2D eigenvalue weighted by Gasteiger charge is -2.21. The Morgan fingerprint density at radius 1 is 0.789 bits per heavy atom. The normalized spacial score (nSPS) is 14.1. The van der Waals surface area contributed by atoms with Gasteiger partial charge in [-0.25, -0.2) is 0 Å². The number of benzene rings is 2. The molecule has 0 aromatic heterocycles. The topological polar surface area (TPSA) is 12.0 Å². The summed E-state index contributed by atoms with van der Waals surface area (Å²) in [4.78, 5) is 0. The van der Waals surface area contributed by atoms with E-state index in [9.17, 15) is 0 Å². The first-order chi connectivity index (χ1) is 9.06. The highest BCUT2D eigenvalue weighted by Crippen LogP contribution is 2.22. The van der Waals surface area contributed by atoms with Crippen molar-refractivity contribution in [2.24, 2.45) is 0 Å². The second-order valence-electron chi connectivity index (χ2n) is 4.72. The highest BCUT2D eigenvalue weighted by molar-refractivity contribution is 6.30. The van der Waals surface area contributed by atoms with E-state index in [1.54, 1.807) is 0 Å². The van der Waals surface area contributed by atoms with Crippen LogP contribution in [-0.4, -0.2) is 0 Å². The van der Waals surface area contributed by atoms with Gasteiger partial charge in [-0.1, -0.05) is 47.5 Å². The van der Waals surface area contributed by atoms with Crippen LogP contribution in [0.5, 0.6) is 0 Å².